The van der Waals surface area contributed by atoms with E-state index < -0.39 is 0 Å². The summed E-state index contributed by atoms with van der Waals surface area (Å²) in [5.41, 5.74) is 3.09. The Morgan fingerprint density at radius 2 is 2.04 bits per heavy atom. The van der Waals surface area contributed by atoms with Crippen LogP contribution in [0.1, 0.15) is 37.0 Å². The number of halogens is 1. The van der Waals surface area contributed by atoms with E-state index in [0.29, 0.717) is 12.3 Å². The van der Waals surface area contributed by atoms with Gasteiger partial charge in [-0.2, -0.15) is 0 Å². The van der Waals surface area contributed by atoms with Crippen molar-refractivity contribution in [1.29, 1.82) is 0 Å². The van der Waals surface area contributed by atoms with E-state index in [2.05, 4.69) is 4.90 Å². The third-order valence-corrected chi connectivity index (χ3v) is 4.32. The molecule has 3 nitrogen and oxygen atoms in total. The molecule has 0 spiro atoms. The van der Waals surface area contributed by atoms with Gasteiger partial charge in [0.2, 0.25) is 0 Å². The smallest absolute Gasteiger partial charge is 0.161 e. The largest absolute Gasteiger partial charge is 0.504 e. The van der Waals surface area contributed by atoms with Crippen molar-refractivity contribution in [2.75, 3.05) is 6.54 Å². The molecule has 0 aromatic heterocycles. The summed E-state index contributed by atoms with van der Waals surface area (Å²) >= 11 is 0. The standard InChI is InChI=1S/C20H24FNO2/c1-14(2)24-20-11-15(8-9-19(20)23)5-4-10-22-12-16-6-3-7-18(21)17(16)13-22/h3,6-9,11,14,23H,4-5,10,12-13H2,1-2H3. The van der Waals surface area contributed by atoms with Gasteiger partial charge >= 0.3 is 0 Å². The molecule has 0 bridgehead atoms. The first kappa shape index (κ1) is 16.8. The molecule has 0 amide bonds. The molecule has 24 heavy (non-hydrogen) atoms. The number of aromatic hydroxyl groups is 1. The van der Waals surface area contributed by atoms with E-state index in [0.717, 1.165) is 42.6 Å². The van der Waals surface area contributed by atoms with E-state index in [9.17, 15) is 9.50 Å². The summed E-state index contributed by atoms with van der Waals surface area (Å²) in [5.74, 6) is 0.625. The highest BCUT2D eigenvalue weighted by molar-refractivity contribution is 5.42. The zero-order chi connectivity index (χ0) is 17.1. The predicted octanol–water partition coefficient (Wildman–Crippen LogP) is 4.27. The number of hydrogen-bond acceptors (Lipinski definition) is 3. The number of rotatable bonds is 6. The summed E-state index contributed by atoms with van der Waals surface area (Å²) in [6, 6.07) is 10.9. The third-order valence-electron chi connectivity index (χ3n) is 4.32. The number of fused-ring (bicyclic) bond motifs is 1. The van der Waals surface area contributed by atoms with Crippen LogP contribution < -0.4 is 4.74 Å². The van der Waals surface area contributed by atoms with Crippen LogP contribution in [0.4, 0.5) is 4.39 Å². The van der Waals surface area contributed by atoms with Crippen LogP contribution in [0.2, 0.25) is 0 Å². The maximum Gasteiger partial charge on any atom is 0.161 e. The fourth-order valence-corrected chi connectivity index (χ4v) is 3.18. The number of phenolic OH excluding ortho intramolecular Hbond substituents is 1. The van der Waals surface area contributed by atoms with E-state index in [1.807, 2.05) is 32.0 Å². The van der Waals surface area contributed by atoms with Crippen molar-refractivity contribution in [3.05, 3.63) is 58.9 Å². The Labute approximate surface area is 142 Å². The molecule has 4 heteroatoms. The SMILES string of the molecule is CC(C)Oc1cc(CCCN2Cc3cccc(F)c3C2)ccc1O. The minimum Gasteiger partial charge on any atom is -0.504 e. The molecule has 2 aromatic rings. The summed E-state index contributed by atoms with van der Waals surface area (Å²) in [7, 11) is 0. The van der Waals surface area contributed by atoms with E-state index in [4.69, 9.17) is 4.74 Å². The Kier molecular flexibility index (Phi) is 5.05. The molecule has 0 atom stereocenters. The first-order valence-electron chi connectivity index (χ1n) is 8.50. The minimum atomic E-state index is -0.0935. The lowest BCUT2D eigenvalue weighted by molar-refractivity contribution is 0.231. The lowest BCUT2D eigenvalue weighted by atomic mass is 10.1. The number of phenols is 1. The fourth-order valence-electron chi connectivity index (χ4n) is 3.18. The number of aryl methyl sites for hydroxylation is 1. The van der Waals surface area contributed by atoms with Crippen LogP contribution >= 0.6 is 0 Å². The average molecular weight is 329 g/mol. The number of benzene rings is 2. The molecule has 0 fully saturated rings. The lowest BCUT2D eigenvalue weighted by Crippen LogP contribution is -2.18. The maximum atomic E-state index is 13.8. The monoisotopic (exact) mass is 329 g/mol. The van der Waals surface area contributed by atoms with Crippen molar-refractivity contribution in [1.82, 2.24) is 4.90 Å². The summed E-state index contributed by atoms with van der Waals surface area (Å²) in [4.78, 5) is 2.28. The van der Waals surface area contributed by atoms with Gasteiger partial charge in [0, 0.05) is 18.7 Å². The first-order valence-corrected chi connectivity index (χ1v) is 8.50. The lowest BCUT2D eigenvalue weighted by Gasteiger charge is -2.15. The van der Waals surface area contributed by atoms with Crippen molar-refractivity contribution in [3.63, 3.8) is 0 Å². The van der Waals surface area contributed by atoms with Gasteiger partial charge in [0.15, 0.2) is 11.5 Å². The van der Waals surface area contributed by atoms with Gasteiger partial charge in [0.1, 0.15) is 5.82 Å². The van der Waals surface area contributed by atoms with Gasteiger partial charge < -0.3 is 9.84 Å². The second-order valence-electron chi connectivity index (χ2n) is 6.66. The van der Waals surface area contributed by atoms with E-state index in [1.165, 1.54) is 6.07 Å². The van der Waals surface area contributed by atoms with Crippen LogP contribution in [0.15, 0.2) is 36.4 Å². The van der Waals surface area contributed by atoms with Gasteiger partial charge in [-0.15, -0.1) is 0 Å². The Bertz CT molecular complexity index is 715. The van der Waals surface area contributed by atoms with E-state index in [1.54, 1.807) is 12.1 Å². The zero-order valence-corrected chi connectivity index (χ0v) is 14.3. The van der Waals surface area contributed by atoms with Gasteiger partial charge in [-0.1, -0.05) is 18.2 Å². The number of nitrogens with zero attached hydrogens (tertiary/aromatic N) is 1. The molecule has 1 aliphatic heterocycles. The molecular weight excluding hydrogens is 305 g/mol. The molecule has 128 valence electrons. The van der Waals surface area contributed by atoms with Crippen LogP contribution in [-0.2, 0) is 19.5 Å². The first-order chi connectivity index (χ1) is 11.5. The van der Waals surface area contributed by atoms with Gasteiger partial charge in [-0.25, -0.2) is 4.39 Å². The van der Waals surface area contributed by atoms with E-state index >= 15 is 0 Å². The van der Waals surface area contributed by atoms with Gasteiger partial charge in [-0.05, 0) is 62.6 Å². The normalized spacial score (nSPS) is 14.2. The highest BCUT2D eigenvalue weighted by Crippen LogP contribution is 2.29. The summed E-state index contributed by atoms with van der Waals surface area (Å²) in [5, 5.41) is 9.84. The fraction of sp³-hybridized carbons (Fsp3) is 0.400. The molecule has 2 aromatic carbocycles. The molecule has 0 saturated carbocycles. The summed E-state index contributed by atoms with van der Waals surface area (Å²) in [6.45, 7) is 6.33. The van der Waals surface area contributed by atoms with Crippen molar-refractivity contribution in [2.45, 2.75) is 45.9 Å². The second kappa shape index (κ2) is 7.22. The maximum absolute atomic E-state index is 13.8. The number of hydrogen-bond donors (Lipinski definition) is 1. The van der Waals surface area contributed by atoms with Crippen molar-refractivity contribution < 1.29 is 14.2 Å². The summed E-state index contributed by atoms with van der Waals surface area (Å²) < 4.78 is 19.4. The van der Waals surface area contributed by atoms with Crippen LogP contribution in [0.25, 0.3) is 0 Å². The topological polar surface area (TPSA) is 32.7 Å². The highest BCUT2D eigenvalue weighted by Gasteiger charge is 2.21. The van der Waals surface area contributed by atoms with Crippen molar-refractivity contribution in [3.8, 4) is 11.5 Å². The molecule has 1 heterocycles. The molecule has 0 unspecified atom stereocenters. The zero-order valence-electron chi connectivity index (χ0n) is 14.3. The van der Waals surface area contributed by atoms with Crippen LogP contribution in [-0.4, -0.2) is 22.7 Å². The third kappa shape index (κ3) is 3.88. The molecule has 3 rings (SSSR count). The van der Waals surface area contributed by atoms with Crippen LogP contribution in [0.3, 0.4) is 0 Å². The quantitative estimate of drug-likeness (QED) is 0.859. The average Bonchev–Trinajstić information content (AvgIpc) is 2.94. The van der Waals surface area contributed by atoms with Gasteiger partial charge in [-0.3, -0.25) is 4.90 Å². The molecular formula is C20H24FNO2. The van der Waals surface area contributed by atoms with Crippen molar-refractivity contribution >= 4 is 0 Å². The molecule has 1 N–H and O–H groups in total. The van der Waals surface area contributed by atoms with Gasteiger partial charge in [0.05, 0.1) is 6.10 Å². The van der Waals surface area contributed by atoms with E-state index in [-0.39, 0.29) is 17.7 Å². The minimum absolute atomic E-state index is 0.0316. The highest BCUT2D eigenvalue weighted by atomic mass is 19.1. The van der Waals surface area contributed by atoms with Gasteiger partial charge in [0.25, 0.3) is 0 Å². The Morgan fingerprint density at radius 1 is 1.21 bits per heavy atom. The predicted molar refractivity (Wildman–Crippen MR) is 92.7 cm³/mol. The second-order valence-corrected chi connectivity index (χ2v) is 6.66. The summed E-state index contributed by atoms with van der Waals surface area (Å²) in [6.07, 6.45) is 1.93. The number of ether oxygens (including phenoxy) is 1. The molecule has 0 saturated heterocycles. The Balaban J connectivity index is 1.53. The van der Waals surface area contributed by atoms with Crippen LogP contribution in [0.5, 0.6) is 11.5 Å². The Hall–Kier alpha value is -2.07. The van der Waals surface area contributed by atoms with Crippen LogP contribution in [0, 0.1) is 5.82 Å². The Morgan fingerprint density at radius 3 is 2.79 bits per heavy atom. The molecule has 1 aliphatic rings. The van der Waals surface area contributed by atoms with Crippen molar-refractivity contribution in [2.24, 2.45) is 0 Å². The molecule has 0 radical (unpaired) electrons. The molecule has 0 aliphatic carbocycles.